The summed E-state index contributed by atoms with van der Waals surface area (Å²) in [7, 11) is 0. The van der Waals surface area contributed by atoms with Crippen LogP contribution in [0.1, 0.15) is 44.3 Å². The molecule has 1 N–H and O–H groups in total. The van der Waals surface area contributed by atoms with E-state index in [-0.39, 0.29) is 17.8 Å². The van der Waals surface area contributed by atoms with E-state index in [0.717, 1.165) is 25.1 Å². The fraction of sp³-hybridized carbons (Fsp3) is 0.316. The van der Waals surface area contributed by atoms with Crippen LogP contribution < -0.4 is 5.32 Å². The molecule has 6 nitrogen and oxygen atoms in total. The third-order valence-electron chi connectivity index (χ3n) is 4.58. The number of benzene rings is 1. The molecule has 0 bridgehead atoms. The van der Waals surface area contributed by atoms with E-state index in [1.165, 1.54) is 11.3 Å². The molecule has 2 aromatic heterocycles. The molecular weight excluding hydrogens is 350 g/mol. The molecule has 1 aromatic carbocycles. The van der Waals surface area contributed by atoms with Gasteiger partial charge < -0.3 is 10.1 Å². The molecule has 0 unspecified atom stereocenters. The minimum absolute atomic E-state index is 0.0959. The molecule has 0 radical (unpaired) electrons. The predicted octanol–water partition coefficient (Wildman–Crippen LogP) is 2.84. The molecule has 1 saturated heterocycles. The van der Waals surface area contributed by atoms with Gasteiger partial charge in [0.2, 0.25) is 5.78 Å². The van der Waals surface area contributed by atoms with Crippen molar-refractivity contribution in [3.05, 3.63) is 58.4 Å². The lowest BCUT2D eigenvalue weighted by Gasteiger charge is -2.10. The number of nitrogens with zero attached hydrogens (tertiary/aromatic N) is 2. The predicted molar refractivity (Wildman–Crippen MR) is 99.0 cm³/mol. The number of fused-ring (bicyclic) bond motifs is 1. The van der Waals surface area contributed by atoms with Gasteiger partial charge >= 0.3 is 0 Å². The maximum absolute atomic E-state index is 12.8. The summed E-state index contributed by atoms with van der Waals surface area (Å²) < 4.78 is 7.30. The number of imidazole rings is 1. The van der Waals surface area contributed by atoms with E-state index in [4.69, 9.17) is 4.74 Å². The summed E-state index contributed by atoms with van der Waals surface area (Å²) in [6.45, 7) is 3.11. The van der Waals surface area contributed by atoms with E-state index in [0.29, 0.717) is 27.6 Å². The highest BCUT2D eigenvalue weighted by Crippen LogP contribution is 2.25. The lowest BCUT2D eigenvalue weighted by molar-refractivity contribution is 0.0860. The molecule has 26 heavy (non-hydrogen) atoms. The van der Waals surface area contributed by atoms with E-state index < -0.39 is 0 Å². The summed E-state index contributed by atoms with van der Waals surface area (Å²) in [4.78, 5) is 30.9. The fourth-order valence-electron chi connectivity index (χ4n) is 3.20. The molecule has 1 aliphatic rings. The van der Waals surface area contributed by atoms with Gasteiger partial charge in [-0.2, -0.15) is 0 Å². The van der Waals surface area contributed by atoms with Crippen molar-refractivity contribution in [3.63, 3.8) is 0 Å². The van der Waals surface area contributed by atoms with Gasteiger partial charge in [0, 0.05) is 24.4 Å². The molecule has 3 heterocycles. The maximum Gasteiger partial charge on any atom is 0.263 e. The lowest BCUT2D eigenvalue weighted by Crippen LogP contribution is -2.31. The molecule has 134 valence electrons. The van der Waals surface area contributed by atoms with Gasteiger partial charge in [0.25, 0.3) is 5.91 Å². The lowest BCUT2D eigenvalue weighted by atomic mass is 10.1. The highest BCUT2D eigenvalue weighted by Gasteiger charge is 2.23. The number of carbonyl (C=O) groups excluding carboxylic acids is 2. The Morgan fingerprint density at radius 3 is 2.88 bits per heavy atom. The first-order chi connectivity index (χ1) is 12.6. The number of hydrogen-bond acceptors (Lipinski definition) is 5. The minimum atomic E-state index is -0.147. The van der Waals surface area contributed by atoms with E-state index in [9.17, 15) is 9.59 Å². The zero-order chi connectivity index (χ0) is 18.1. The summed E-state index contributed by atoms with van der Waals surface area (Å²) >= 11 is 1.29. The molecule has 1 aliphatic heterocycles. The Morgan fingerprint density at radius 2 is 2.15 bits per heavy atom. The third kappa shape index (κ3) is 3.04. The first-order valence-electron chi connectivity index (χ1n) is 8.61. The fourth-order valence-corrected chi connectivity index (χ4v) is 4.22. The van der Waals surface area contributed by atoms with Gasteiger partial charge in [-0.3, -0.25) is 14.0 Å². The molecule has 7 heteroatoms. The topological polar surface area (TPSA) is 72.7 Å². The third-order valence-corrected chi connectivity index (χ3v) is 5.73. The van der Waals surface area contributed by atoms with Crippen molar-refractivity contribution in [2.75, 3.05) is 13.2 Å². The number of ketones is 1. The zero-order valence-electron chi connectivity index (χ0n) is 14.4. The Bertz CT molecular complexity index is 955. The van der Waals surface area contributed by atoms with Crippen LogP contribution in [-0.4, -0.2) is 40.3 Å². The number of amides is 1. The Balaban J connectivity index is 1.60. The molecule has 1 atom stereocenters. The Kier molecular flexibility index (Phi) is 4.57. The van der Waals surface area contributed by atoms with E-state index in [1.54, 1.807) is 22.7 Å². The van der Waals surface area contributed by atoms with Crippen LogP contribution >= 0.6 is 11.3 Å². The molecular formula is C19H19N3O3S. The minimum Gasteiger partial charge on any atom is -0.376 e. The summed E-state index contributed by atoms with van der Waals surface area (Å²) in [5.41, 5.74) is 1.80. The molecule has 0 saturated carbocycles. The molecule has 1 amide bonds. The average Bonchev–Trinajstić information content (AvgIpc) is 3.38. The Morgan fingerprint density at radius 1 is 1.35 bits per heavy atom. The molecule has 1 fully saturated rings. The first-order valence-corrected chi connectivity index (χ1v) is 9.43. The van der Waals surface area contributed by atoms with Crippen LogP contribution in [0, 0.1) is 6.92 Å². The average molecular weight is 369 g/mol. The van der Waals surface area contributed by atoms with Crippen LogP contribution in [0.3, 0.4) is 0 Å². The normalized spacial score (nSPS) is 16.9. The Labute approximate surface area is 154 Å². The number of rotatable bonds is 5. The van der Waals surface area contributed by atoms with Crippen LogP contribution in [0.4, 0.5) is 0 Å². The second kappa shape index (κ2) is 7.01. The standard InChI is InChI=1S/C19H19N3O3S/c1-12-17(18(24)20-10-14-8-5-9-25-14)26-19-21-11-15(22(12)19)16(23)13-6-3-2-4-7-13/h2-4,6-7,11,14H,5,8-10H2,1H3,(H,20,24)/t14-/m0/s1. The van der Waals surface area contributed by atoms with Crippen molar-refractivity contribution in [1.82, 2.24) is 14.7 Å². The van der Waals surface area contributed by atoms with Crippen molar-refractivity contribution in [2.45, 2.75) is 25.9 Å². The molecule has 3 aromatic rings. The van der Waals surface area contributed by atoms with E-state index >= 15 is 0 Å². The van der Waals surface area contributed by atoms with Crippen molar-refractivity contribution in [2.24, 2.45) is 0 Å². The molecule has 0 aliphatic carbocycles. The van der Waals surface area contributed by atoms with Crippen LogP contribution in [0.2, 0.25) is 0 Å². The monoisotopic (exact) mass is 369 g/mol. The van der Waals surface area contributed by atoms with Gasteiger partial charge in [0.1, 0.15) is 10.6 Å². The van der Waals surface area contributed by atoms with Crippen molar-refractivity contribution >= 4 is 28.0 Å². The second-order valence-corrected chi connectivity index (χ2v) is 7.30. The number of aryl methyl sites for hydroxylation is 1. The largest absolute Gasteiger partial charge is 0.376 e. The van der Waals surface area contributed by atoms with Crippen molar-refractivity contribution in [1.29, 1.82) is 0 Å². The van der Waals surface area contributed by atoms with Gasteiger partial charge in [-0.15, -0.1) is 0 Å². The summed E-state index contributed by atoms with van der Waals surface area (Å²) in [5.74, 6) is -0.253. The van der Waals surface area contributed by atoms with Gasteiger partial charge in [-0.1, -0.05) is 41.7 Å². The van der Waals surface area contributed by atoms with E-state index in [2.05, 4.69) is 10.3 Å². The highest BCUT2D eigenvalue weighted by molar-refractivity contribution is 7.19. The van der Waals surface area contributed by atoms with Crippen molar-refractivity contribution in [3.8, 4) is 0 Å². The zero-order valence-corrected chi connectivity index (χ0v) is 15.2. The van der Waals surface area contributed by atoms with Gasteiger partial charge in [-0.25, -0.2) is 4.98 Å². The smallest absolute Gasteiger partial charge is 0.263 e. The second-order valence-electron chi connectivity index (χ2n) is 6.32. The molecule has 4 rings (SSSR count). The van der Waals surface area contributed by atoms with Crippen LogP contribution in [0.15, 0.2) is 36.5 Å². The number of carbonyl (C=O) groups is 2. The summed E-state index contributed by atoms with van der Waals surface area (Å²) in [6, 6.07) is 9.08. The number of thiazole rings is 1. The van der Waals surface area contributed by atoms with Crippen LogP contribution in [0.5, 0.6) is 0 Å². The first kappa shape index (κ1) is 16.9. The quantitative estimate of drug-likeness (QED) is 0.702. The SMILES string of the molecule is Cc1c(C(=O)NC[C@@H]2CCCO2)sc2ncc(C(=O)c3ccccc3)n12. The van der Waals surface area contributed by atoms with Crippen LogP contribution in [0.25, 0.3) is 4.96 Å². The highest BCUT2D eigenvalue weighted by atomic mass is 32.1. The number of ether oxygens (including phenoxy) is 1. The van der Waals surface area contributed by atoms with E-state index in [1.807, 2.05) is 25.1 Å². The number of hydrogen-bond donors (Lipinski definition) is 1. The summed E-state index contributed by atoms with van der Waals surface area (Å²) in [5, 5.41) is 2.93. The van der Waals surface area contributed by atoms with Gasteiger partial charge in [-0.05, 0) is 19.8 Å². The van der Waals surface area contributed by atoms with Crippen LogP contribution in [-0.2, 0) is 4.74 Å². The number of aromatic nitrogens is 2. The summed E-state index contributed by atoms with van der Waals surface area (Å²) in [6.07, 6.45) is 3.68. The Hall–Kier alpha value is -2.51. The maximum atomic E-state index is 12.8. The number of nitrogens with one attached hydrogen (secondary N) is 1. The van der Waals surface area contributed by atoms with Gasteiger partial charge in [0.05, 0.1) is 12.3 Å². The van der Waals surface area contributed by atoms with Crippen molar-refractivity contribution < 1.29 is 14.3 Å². The van der Waals surface area contributed by atoms with Gasteiger partial charge in [0.15, 0.2) is 4.96 Å². The molecule has 0 spiro atoms.